The molecule has 82 valence electrons. The molecule has 0 spiro atoms. The summed E-state index contributed by atoms with van der Waals surface area (Å²) in [4.78, 5) is 6.19. The molecule has 0 saturated heterocycles. The van der Waals surface area contributed by atoms with Crippen molar-refractivity contribution in [1.29, 1.82) is 0 Å². The number of hydrogen-bond acceptors (Lipinski definition) is 3. The second-order valence-corrected chi connectivity index (χ2v) is 5.23. The molecule has 0 amide bonds. The first-order valence-electron chi connectivity index (χ1n) is 5.65. The van der Waals surface area contributed by atoms with E-state index in [-0.39, 0.29) is 0 Å². The first-order valence-corrected chi connectivity index (χ1v) is 6.46. The van der Waals surface area contributed by atoms with E-state index in [9.17, 15) is 0 Å². The number of rotatable bonds is 2. The Kier molecular flexibility index (Phi) is 2.50. The smallest absolute Gasteiger partial charge is 0.123 e. The summed E-state index contributed by atoms with van der Waals surface area (Å²) in [7, 11) is 0. The average molecular weight is 230 g/mol. The van der Waals surface area contributed by atoms with E-state index in [4.69, 9.17) is 10.7 Å². The zero-order valence-corrected chi connectivity index (χ0v) is 9.89. The fraction of sp³-hybridized carbons (Fsp3) is 0.308. The number of hydrogen-bond donors (Lipinski definition) is 1. The molecule has 16 heavy (non-hydrogen) atoms. The molecule has 1 aromatic carbocycles. The molecule has 0 bridgehead atoms. The van der Waals surface area contributed by atoms with Crippen LogP contribution >= 0.6 is 11.3 Å². The van der Waals surface area contributed by atoms with Gasteiger partial charge < -0.3 is 5.73 Å². The largest absolute Gasteiger partial charge is 0.326 e. The molecular weight excluding hydrogens is 216 g/mol. The lowest BCUT2D eigenvalue weighted by atomic mass is 10.1. The van der Waals surface area contributed by atoms with E-state index in [1.165, 1.54) is 34.5 Å². The van der Waals surface area contributed by atoms with E-state index in [0.717, 1.165) is 11.4 Å². The highest BCUT2D eigenvalue weighted by Crippen LogP contribution is 2.33. The number of nitrogens with zero attached hydrogens (tertiary/aromatic N) is 1. The van der Waals surface area contributed by atoms with Gasteiger partial charge in [0.2, 0.25) is 0 Å². The average Bonchev–Trinajstić information content (AvgIpc) is 2.89. The van der Waals surface area contributed by atoms with E-state index < -0.39 is 0 Å². The van der Waals surface area contributed by atoms with Crippen molar-refractivity contribution in [3.05, 3.63) is 40.4 Å². The molecule has 3 rings (SSSR count). The molecule has 1 aliphatic rings. The van der Waals surface area contributed by atoms with Crippen LogP contribution in [0.15, 0.2) is 24.3 Å². The summed E-state index contributed by atoms with van der Waals surface area (Å²) in [6, 6.07) is 8.38. The van der Waals surface area contributed by atoms with Crippen molar-refractivity contribution < 1.29 is 0 Å². The summed E-state index contributed by atoms with van der Waals surface area (Å²) in [5.74, 6) is 0. The van der Waals surface area contributed by atoms with Crippen molar-refractivity contribution in [3.63, 3.8) is 0 Å². The fourth-order valence-electron chi connectivity index (χ4n) is 2.15. The van der Waals surface area contributed by atoms with E-state index in [0.29, 0.717) is 6.54 Å². The number of aryl methyl sites for hydroxylation is 2. The Morgan fingerprint density at radius 3 is 3.06 bits per heavy atom. The molecule has 0 radical (unpaired) electrons. The SMILES string of the molecule is NCc1cccc(-c2nc3c(s2)CCC3)c1. The van der Waals surface area contributed by atoms with Gasteiger partial charge in [0.1, 0.15) is 5.01 Å². The monoisotopic (exact) mass is 230 g/mol. The molecule has 0 fully saturated rings. The fourth-order valence-corrected chi connectivity index (χ4v) is 3.29. The second kappa shape index (κ2) is 4.00. The maximum absolute atomic E-state index is 5.65. The van der Waals surface area contributed by atoms with Crippen molar-refractivity contribution in [1.82, 2.24) is 4.98 Å². The van der Waals surface area contributed by atoms with E-state index in [1.54, 1.807) is 0 Å². The summed E-state index contributed by atoms with van der Waals surface area (Å²) < 4.78 is 0. The third kappa shape index (κ3) is 1.66. The molecule has 0 saturated carbocycles. The van der Waals surface area contributed by atoms with Crippen LogP contribution in [0.1, 0.15) is 22.6 Å². The van der Waals surface area contributed by atoms with Gasteiger partial charge >= 0.3 is 0 Å². The predicted molar refractivity (Wildman–Crippen MR) is 67.5 cm³/mol. The van der Waals surface area contributed by atoms with Gasteiger partial charge in [0, 0.05) is 17.0 Å². The van der Waals surface area contributed by atoms with Crippen LogP contribution < -0.4 is 5.73 Å². The predicted octanol–water partition coefficient (Wildman–Crippen LogP) is 2.76. The second-order valence-electron chi connectivity index (χ2n) is 4.15. The topological polar surface area (TPSA) is 38.9 Å². The van der Waals surface area contributed by atoms with Gasteiger partial charge in [0.25, 0.3) is 0 Å². The molecule has 2 nitrogen and oxygen atoms in total. The number of aromatic nitrogens is 1. The Hall–Kier alpha value is -1.19. The molecule has 1 aromatic heterocycles. The van der Waals surface area contributed by atoms with Crippen molar-refractivity contribution in [2.45, 2.75) is 25.8 Å². The van der Waals surface area contributed by atoms with Crippen molar-refractivity contribution in [2.24, 2.45) is 5.73 Å². The summed E-state index contributed by atoms with van der Waals surface area (Å²) in [5.41, 5.74) is 9.35. The summed E-state index contributed by atoms with van der Waals surface area (Å²) >= 11 is 1.84. The minimum Gasteiger partial charge on any atom is -0.326 e. The zero-order valence-electron chi connectivity index (χ0n) is 9.07. The molecule has 2 N–H and O–H groups in total. The van der Waals surface area contributed by atoms with Gasteiger partial charge in [0.05, 0.1) is 5.69 Å². The molecule has 1 heterocycles. The van der Waals surface area contributed by atoms with Crippen LogP contribution in [0.5, 0.6) is 0 Å². The standard InChI is InChI=1S/C13H14N2S/c14-8-9-3-1-4-10(7-9)13-15-11-5-2-6-12(11)16-13/h1,3-4,7H,2,5-6,8,14H2. The van der Waals surface area contributed by atoms with E-state index in [2.05, 4.69) is 24.3 Å². The summed E-state index contributed by atoms with van der Waals surface area (Å²) in [5, 5.41) is 1.15. The van der Waals surface area contributed by atoms with Crippen LogP contribution in [0.2, 0.25) is 0 Å². The third-order valence-corrected chi connectivity index (χ3v) is 4.21. The van der Waals surface area contributed by atoms with Crippen molar-refractivity contribution in [2.75, 3.05) is 0 Å². The van der Waals surface area contributed by atoms with Crippen LogP contribution in [-0.2, 0) is 19.4 Å². The Bertz CT molecular complexity index is 495. The van der Waals surface area contributed by atoms with Crippen molar-refractivity contribution >= 4 is 11.3 Å². The minimum absolute atomic E-state index is 0.596. The highest BCUT2D eigenvalue weighted by molar-refractivity contribution is 7.15. The summed E-state index contributed by atoms with van der Waals surface area (Å²) in [6.07, 6.45) is 3.64. The maximum Gasteiger partial charge on any atom is 0.123 e. The van der Waals surface area contributed by atoms with E-state index in [1.807, 2.05) is 11.3 Å². The van der Waals surface area contributed by atoms with Gasteiger partial charge in [-0.2, -0.15) is 0 Å². The van der Waals surface area contributed by atoms with Crippen LogP contribution in [-0.4, -0.2) is 4.98 Å². The molecule has 0 unspecified atom stereocenters. The normalized spacial score (nSPS) is 14.1. The third-order valence-electron chi connectivity index (χ3n) is 3.01. The van der Waals surface area contributed by atoms with Crippen LogP contribution in [0, 0.1) is 0 Å². The molecule has 2 aromatic rings. The molecular formula is C13H14N2S. The quantitative estimate of drug-likeness (QED) is 0.861. The first kappa shape index (κ1) is 10.00. The number of benzene rings is 1. The Balaban J connectivity index is 2.01. The van der Waals surface area contributed by atoms with E-state index >= 15 is 0 Å². The van der Waals surface area contributed by atoms with Crippen molar-refractivity contribution in [3.8, 4) is 10.6 Å². The van der Waals surface area contributed by atoms with Gasteiger partial charge in [-0.1, -0.05) is 18.2 Å². The lowest BCUT2D eigenvalue weighted by Crippen LogP contribution is -1.95. The molecule has 0 atom stereocenters. The number of fused-ring (bicyclic) bond motifs is 1. The molecule has 1 aliphatic carbocycles. The van der Waals surface area contributed by atoms with Crippen LogP contribution in [0.25, 0.3) is 10.6 Å². The highest BCUT2D eigenvalue weighted by Gasteiger charge is 2.17. The molecule has 3 heteroatoms. The lowest BCUT2D eigenvalue weighted by Gasteiger charge is -2.00. The van der Waals surface area contributed by atoms with Gasteiger partial charge in [-0.15, -0.1) is 11.3 Å². The number of nitrogens with two attached hydrogens (primary N) is 1. The maximum atomic E-state index is 5.65. The first-order chi connectivity index (χ1) is 7.86. The zero-order chi connectivity index (χ0) is 11.0. The summed E-state index contributed by atoms with van der Waals surface area (Å²) in [6.45, 7) is 0.596. The van der Waals surface area contributed by atoms with Gasteiger partial charge in [0.15, 0.2) is 0 Å². The van der Waals surface area contributed by atoms with Crippen LogP contribution in [0.3, 0.4) is 0 Å². The van der Waals surface area contributed by atoms with Gasteiger partial charge in [-0.3, -0.25) is 0 Å². The Morgan fingerprint density at radius 1 is 1.31 bits per heavy atom. The Morgan fingerprint density at radius 2 is 2.25 bits per heavy atom. The molecule has 0 aliphatic heterocycles. The Labute approximate surface area is 99.1 Å². The van der Waals surface area contributed by atoms with Gasteiger partial charge in [-0.05, 0) is 30.9 Å². The van der Waals surface area contributed by atoms with Gasteiger partial charge in [-0.25, -0.2) is 4.98 Å². The highest BCUT2D eigenvalue weighted by atomic mass is 32.1. The minimum atomic E-state index is 0.596. The number of thiazole rings is 1. The lowest BCUT2D eigenvalue weighted by molar-refractivity contribution is 0.900. The van der Waals surface area contributed by atoms with Crippen LogP contribution in [0.4, 0.5) is 0 Å².